The van der Waals surface area contributed by atoms with E-state index in [9.17, 15) is 14.4 Å². The number of nitrogens with zero attached hydrogens (tertiary/aromatic N) is 1. The number of carbonyl (C=O) groups is 3. The number of imide groups is 1. The van der Waals surface area contributed by atoms with E-state index in [1.165, 1.54) is 5.56 Å². The van der Waals surface area contributed by atoms with E-state index in [1.807, 2.05) is 31.2 Å². The molecule has 2 atom stereocenters. The first kappa shape index (κ1) is 12.8. The molecule has 2 amide bonds. The van der Waals surface area contributed by atoms with Crippen LogP contribution in [0, 0.1) is 12.8 Å². The highest BCUT2D eigenvalue weighted by molar-refractivity contribution is 6.01. The summed E-state index contributed by atoms with van der Waals surface area (Å²) >= 11 is 0. The SMILES string of the molecule is Cc1ccc([C@H]2C[C@@H]2C(=O)ON2C(=O)CCC2=O)cc1. The van der Waals surface area contributed by atoms with Crippen molar-refractivity contribution in [3.8, 4) is 0 Å². The third-order valence-corrected chi connectivity index (χ3v) is 3.79. The number of rotatable bonds is 3. The van der Waals surface area contributed by atoms with Crippen LogP contribution >= 0.6 is 0 Å². The zero-order chi connectivity index (χ0) is 14.3. The summed E-state index contributed by atoms with van der Waals surface area (Å²) in [5.41, 5.74) is 2.26. The Labute approximate surface area is 116 Å². The Morgan fingerprint density at radius 2 is 1.75 bits per heavy atom. The summed E-state index contributed by atoms with van der Waals surface area (Å²) in [5, 5.41) is 0.618. The van der Waals surface area contributed by atoms with Gasteiger partial charge in [0.15, 0.2) is 0 Å². The standard InChI is InChI=1S/C15H15NO4/c1-9-2-4-10(5-3-9)11-8-12(11)15(19)20-16-13(17)6-7-14(16)18/h2-5,11-12H,6-8H2,1H3/t11-,12+/m1/s1. The normalized spacial score (nSPS) is 24.9. The molecule has 2 aliphatic rings. The van der Waals surface area contributed by atoms with Crippen LogP contribution in [0.5, 0.6) is 0 Å². The molecule has 0 spiro atoms. The number of amides is 2. The molecule has 104 valence electrons. The van der Waals surface area contributed by atoms with Gasteiger partial charge in [-0.1, -0.05) is 29.8 Å². The summed E-state index contributed by atoms with van der Waals surface area (Å²) in [4.78, 5) is 39.6. The fourth-order valence-corrected chi connectivity index (χ4v) is 2.45. The Morgan fingerprint density at radius 3 is 2.35 bits per heavy atom. The summed E-state index contributed by atoms with van der Waals surface area (Å²) in [6, 6.07) is 8.01. The molecule has 1 heterocycles. The van der Waals surface area contributed by atoms with Gasteiger partial charge in [-0.15, -0.1) is 5.06 Å². The van der Waals surface area contributed by atoms with Crippen LogP contribution in [-0.2, 0) is 19.2 Å². The number of hydrogen-bond acceptors (Lipinski definition) is 4. The van der Waals surface area contributed by atoms with Crippen LogP contribution < -0.4 is 0 Å². The Balaban J connectivity index is 1.61. The summed E-state index contributed by atoms with van der Waals surface area (Å²) in [7, 11) is 0. The van der Waals surface area contributed by atoms with E-state index in [4.69, 9.17) is 4.84 Å². The third-order valence-electron chi connectivity index (χ3n) is 3.79. The zero-order valence-corrected chi connectivity index (χ0v) is 11.2. The Kier molecular flexibility index (Phi) is 3.04. The predicted octanol–water partition coefficient (Wildman–Crippen LogP) is 1.71. The molecule has 0 radical (unpaired) electrons. The van der Waals surface area contributed by atoms with Gasteiger partial charge >= 0.3 is 5.97 Å². The van der Waals surface area contributed by atoms with Crippen LogP contribution in [0.15, 0.2) is 24.3 Å². The number of hydroxylamine groups is 2. The second-order valence-electron chi connectivity index (χ2n) is 5.35. The minimum atomic E-state index is -0.487. The summed E-state index contributed by atoms with van der Waals surface area (Å²) in [6.07, 6.45) is 0.953. The van der Waals surface area contributed by atoms with Gasteiger partial charge < -0.3 is 4.84 Å². The van der Waals surface area contributed by atoms with Gasteiger partial charge in [-0.2, -0.15) is 0 Å². The van der Waals surface area contributed by atoms with Crippen molar-refractivity contribution in [2.45, 2.75) is 32.1 Å². The molecule has 0 aromatic heterocycles. The lowest BCUT2D eigenvalue weighted by atomic mass is 10.1. The lowest BCUT2D eigenvalue weighted by molar-refractivity contribution is -0.198. The van der Waals surface area contributed by atoms with Gasteiger partial charge in [0.05, 0.1) is 5.92 Å². The smallest absolute Gasteiger partial charge is 0.330 e. The lowest BCUT2D eigenvalue weighted by Gasteiger charge is -2.12. The first-order valence-electron chi connectivity index (χ1n) is 6.70. The van der Waals surface area contributed by atoms with E-state index < -0.39 is 17.8 Å². The number of carbonyl (C=O) groups excluding carboxylic acids is 3. The minimum Gasteiger partial charge on any atom is -0.330 e. The Morgan fingerprint density at radius 1 is 1.15 bits per heavy atom. The second-order valence-corrected chi connectivity index (χ2v) is 5.35. The summed E-state index contributed by atoms with van der Waals surface area (Å²) < 4.78 is 0. The lowest BCUT2D eigenvalue weighted by Crippen LogP contribution is -2.32. The van der Waals surface area contributed by atoms with Crippen molar-refractivity contribution >= 4 is 17.8 Å². The van der Waals surface area contributed by atoms with Crippen LogP contribution in [0.3, 0.4) is 0 Å². The van der Waals surface area contributed by atoms with E-state index in [2.05, 4.69) is 0 Å². The van der Waals surface area contributed by atoms with E-state index in [0.717, 1.165) is 5.56 Å². The van der Waals surface area contributed by atoms with Crippen molar-refractivity contribution in [3.63, 3.8) is 0 Å². The van der Waals surface area contributed by atoms with Crippen molar-refractivity contribution < 1.29 is 19.2 Å². The average Bonchev–Trinajstić information content (AvgIpc) is 3.17. The van der Waals surface area contributed by atoms with Crippen molar-refractivity contribution in [1.82, 2.24) is 5.06 Å². The zero-order valence-electron chi connectivity index (χ0n) is 11.2. The molecule has 1 saturated heterocycles. The molecule has 1 aliphatic carbocycles. The van der Waals surface area contributed by atoms with Crippen LogP contribution in [0.4, 0.5) is 0 Å². The van der Waals surface area contributed by atoms with Gasteiger partial charge in [0, 0.05) is 12.8 Å². The first-order valence-corrected chi connectivity index (χ1v) is 6.70. The highest BCUT2D eigenvalue weighted by atomic mass is 16.7. The van der Waals surface area contributed by atoms with Gasteiger partial charge in [-0.3, -0.25) is 9.59 Å². The van der Waals surface area contributed by atoms with Gasteiger partial charge in [-0.05, 0) is 24.8 Å². The fraction of sp³-hybridized carbons (Fsp3) is 0.400. The fourth-order valence-electron chi connectivity index (χ4n) is 2.45. The van der Waals surface area contributed by atoms with Crippen LogP contribution in [0.2, 0.25) is 0 Å². The number of aryl methyl sites for hydroxylation is 1. The number of hydrogen-bond donors (Lipinski definition) is 0. The van der Waals surface area contributed by atoms with Crippen LogP contribution in [0.25, 0.3) is 0 Å². The molecule has 0 bridgehead atoms. The molecule has 1 aromatic carbocycles. The molecule has 20 heavy (non-hydrogen) atoms. The summed E-state index contributed by atoms with van der Waals surface area (Å²) in [6.45, 7) is 2.01. The van der Waals surface area contributed by atoms with Crippen molar-refractivity contribution in [1.29, 1.82) is 0 Å². The maximum Gasteiger partial charge on any atom is 0.336 e. The molecular weight excluding hydrogens is 258 g/mol. The Hall–Kier alpha value is -2.17. The van der Waals surface area contributed by atoms with E-state index in [1.54, 1.807) is 0 Å². The van der Waals surface area contributed by atoms with Crippen LogP contribution in [0.1, 0.15) is 36.3 Å². The average molecular weight is 273 g/mol. The topological polar surface area (TPSA) is 63.7 Å². The van der Waals surface area contributed by atoms with Crippen molar-refractivity contribution in [3.05, 3.63) is 35.4 Å². The minimum absolute atomic E-state index is 0.123. The monoisotopic (exact) mass is 273 g/mol. The largest absolute Gasteiger partial charge is 0.336 e. The highest BCUT2D eigenvalue weighted by Gasteiger charge is 2.47. The molecular formula is C15H15NO4. The quantitative estimate of drug-likeness (QED) is 0.786. The van der Waals surface area contributed by atoms with E-state index in [-0.39, 0.29) is 24.7 Å². The number of benzene rings is 1. The molecule has 5 heteroatoms. The van der Waals surface area contributed by atoms with Gasteiger partial charge in [0.25, 0.3) is 11.8 Å². The van der Waals surface area contributed by atoms with E-state index >= 15 is 0 Å². The maximum atomic E-state index is 11.9. The predicted molar refractivity (Wildman–Crippen MR) is 69.2 cm³/mol. The highest BCUT2D eigenvalue weighted by Crippen LogP contribution is 2.48. The first-order chi connectivity index (χ1) is 9.56. The van der Waals surface area contributed by atoms with Crippen LogP contribution in [-0.4, -0.2) is 22.8 Å². The molecule has 3 rings (SSSR count). The molecule has 1 aromatic rings. The van der Waals surface area contributed by atoms with Gasteiger partial charge in [0.1, 0.15) is 0 Å². The van der Waals surface area contributed by atoms with E-state index in [0.29, 0.717) is 11.5 Å². The second kappa shape index (κ2) is 4.74. The van der Waals surface area contributed by atoms with Crippen molar-refractivity contribution in [2.24, 2.45) is 5.92 Å². The Bertz CT molecular complexity index is 562. The van der Waals surface area contributed by atoms with Gasteiger partial charge in [-0.25, -0.2) is 4.79 Å². The molecule has 0 N–H and O–H groups in total. The van der Waals surface area contributed by atoms with Crippen molar-refractivity contribution in [2.75, 3.05) is 0 Å². The summed E-state index contributed by atoms with van der Waals surface area (Å²) in [5.74, 6) is -1.47. The molecule has 2 fully saturated rings. The third kappa shape index (κ3) is 2.31. The molecule has 5 nitrogen and oxygen atoms in total. The molecule has 1 aliphatic heterocycles. The molecule has 1 saturated carbocycles. The van der Waals surface area contributed by atoms with Gasteiger partial charge in [0.2, 0.25) is 0 Å². The maximum absolute atomic E-state index is 11.9. The molecule has 0 unspecified atom stereocenters.